The van der Waals surface area contributed by atoms with E-state index in [0.717, 1.165) is 0 Å². The highest BCUT2D eigenvalue weighted by molar-refractivity contribution is 7.07. The molecule has 0 spiro atoms. The molecule has 1 rings (SSSR count). The Labute approximate surface area is 108 Å². The van der Waals surface area contributed by atoms with Crippen LogP contribution in [0.5, 0.6) is 0 Å². The number of ketones is 1. The summed E-state index contributed by atoms with van der Waals surface area (Å²) >= 11 is 1.20. The van der Waals surface area contributed by atoms with Crippen molar-refractivity contribution >= 4 is 29.1 Å². The van der Waals surface area contributed by atoms with E-state index >= 15 is 0 Å². The minimum Gasteiger partial charge on any atom is -0.465 e. The standard InChI is InChI=1S/C11H13NO5S/c1-3-16-10(14)8(11(15)17-4-2)9(13)7-5-18-6-12-7/h5-6,8H,3-4H2,1-2H3. The predicted octanol–water partition coefficient (Wildman–Crippen LogP) is 1.07. The monoisotopic (exact) mass is 271 g/mol. The van der Waals surface area contributed by atoms with Crippen molar-refractivity contribution in [2.24, 2.45) is 5.92 Å². The van der Waals surface area contributed by atoms with Crippen LogP contribution in [0, 0.1) is 5.92 Å². The SMILES string of the molecule is CCOC(=O)C(C(=O)OCC)C(=O)c1cscn1. The number of carbonyl (C=O) groups excluding carboxylic acids is 3. The number of thiazole rings is 1. The second-order valence-corrected chi connectivity index (χ2v) is 3.89. The molecular formula is C11H13NO5S. The van der Waals surface area contributed by atoms with Gasteiger partial charge in [-0.25, -0.2) is 4.98 Å². The van der Waals surface area contributed by atoms with Gasteiger partial charge in [-0.05, 0) is 13.8 Å². The summed E-state index contributed by atoms with van der Waals surface area (Å²) in [6, 6.07) is 0. The summed E-state index contributed by atoms with van der Waals surface area (Å²) in [5.41, 5.74) is 1.51. The van der Waals surface area contributed by atoms with Crippen molar-refractivity contribution in [3.05, 3.63) is 16.6 Å². The first-order valence-corrected chi connectivity index (χ1v) is 6.31. The summed E-state index contributed by atoms with van der Waals surface area (Å²) in [5.74, 6) is -4.11. The van der Waals surface area contributed by atoms with Gasteiger partial charge in [0.1, 0.15) is 5.69 Å². The zero-order chi connectivity index (χ0) is 13.5. The van der Waals surface area contributed by atoms with E-state index in [1.807, 2.05) is 0 Å². The van der Waals surface area contributed by atoms with Crippen molar-refractivity contribution in [3.63, 3.8) is 0 Å². The molecule has 0 aromatic carbocycles. The van der Waals surface area contributed by atoms with Crippen LogP contribution in [0.2, 0.25) is 0 Å². The molecule has 1 aromatic heterocycles. The molecule has 0 saturated heterocycles. The van der Waals surface area contributed by atoms with Crippen LogP contribution in [0.4, 0.5) is 0 Å². The molecular weight excluding hydrogens is 258 g/mol. The van der Waals surface area contributed by atoms with Gasteiger partial charge in [0, 0.05) is 5.38 Å². The molecule has 1 aromatic rings. The van der Waals surface area contributed by atoms with Crippen LogP contribution in [-0.2, 0) is 19.1 Å². The molecule has 18 heavy (non-hydrogen) atoms. The third-order valence-electron chi connectivity index (χ3n) is 1.99. The Kier molecular flexibility index (Phi) is 5.44. The minimum absolute atomic E-state index is 0.0612. The number of nitrogens with zero attached hydrogens (tertiary/aromatic N) is 1. The van der Waals surface area contributed by atoms with E-state index in [0.29, 0.717) is 0 Å². The highest BCUT2D eigenvalue weighted by Gasteiger charge is 2.38. The van der Waals surface area contributed by atoms with Gasteiger partial charge < -0.3 is 9.47 Å². The van der Waals surface area contributed by atoms with Gasteiger partial charge in [-0.1, -0.05) is 0 Å². The van der Waals surface area contributed by atoms with Crippen molar-refractivity contribution in [1.29, 1.82) is 0 Å². The molecule has 0 aliphatic carbocycles. The van der Waals surface area contributed by atoms with Gasteiger partial charge in [0.2, 0.25) is 11.7 Å². The van der Waals surface area contributed by atoms with Gasteiger partial charge in [0.05, 0.1) is 18.7 Å². The van der Waals surface area contributed by atoms with Gasteiger partial charge in [-0.15, -0.1) is 11.3 Å². The van der Waals surface area contributed by atoms with E-state index in [4.69, 9.17) is 9.47 Å². The van der Waals surface area contributed by atoms with Crippen molar-refractivity contribution in [2.45, 2.75) is 13.8 Å². The molecule has 98 valence electrons. The first-order chi connectivity index (χ1) is 8.61. The molecule has 0 atom stereocenters. The summed E-state index contributed by atoms with van der Waals surface area (Å²) in [5, 5.41) is 1.47. The van der Waals surface area contributed by atoms with Crippen molar-refractivity contribution in [3.8, 4) is 0 Å². The Balaban J connectivity index is 2.93. The third kappa shape index (κ3) is 3.36. The van der Waals surface area contributed by atoms with Crippen molar-refractivity contribution < 1.29 is 23.9 Å². The molecule has 0 bridgehead atoms. The molecule has 0 aliphatic heterocycles. The maximum atomic E-state index is 12.0. The predicted molar refractivity (Wildman–Crippen MR) is 63.2 cm³/mol. The molecule has 0 unspecified atom stereocenters. The van der Waals surface area contributed by atoms with Crippen LogP contribution in [0.1, 0.15) is 24.3 Å². The molecule has 0 radical (unpaired) electrons. The lowest BCUT2D eigenvalue weighted by Gasteiger charge is -2.12. The Hall–Kier alpha value is -1.76. The highest BCUT2D eigenvalue weighted by Crippen LogP contribution is 2.13. The van der Waals surface area contributed by atoms with E-state index in [9.17, 15) is 14.4 Å². The molecule has 7 heteroatoms. The number of esters is 2. The zero-order valence-electron chi connectivity index (χ0n) is 10.0. The molecule has 0 saturated carbocycles. The lowest BCUT2D eigenvalue weighted by atomic mass is 10.0. The second kappa shape index (κ2) is 6.85. The number of ether oxygens (including phenoxy) is 2. The first-order valence-electron chi connectivity index (χ1n) is 5.37. The molecule has 1 heterocycles. The quantitative estimate of drug-likeness (QED) is 0.437. The number of carbonyl (C=O) groups is 3. The van der Waals surface area contributed by atoms with Crippen LogP contribution in [0.25, 0.3) is 0 Å². The van der Waals surface area contributed by atoms with E-state index < -0.39 is 23.6 Å². The maximum absolute atomic E-state index is 12.0. The van der Waals surface area contributed by atoms with Gasteiger partial charge in [-0.3, -0.25) is 14.4 Å². The van der Waals surface area contributed by atoms with E-state index in [1.54, 1.807) is 13.8 Å². The average Bonchev–Trinajstić information content (AvgIpc) is 2.83. The smallest absolute Gasteiger partial charge is 0.328 e. The van der Waals surface area contributed by atoms with Crippen LogP contribution in [0.15, 0.2) is 10.9 Å². The van der Waals surface area contributed by atoms with Crippen molar-refractivity contribution in [1.82, 2.24) is 4.98 Å². The Morgan fingerprint density at radius 2 is 1.78 bits per heavy atom. The van der Waals surface area contributed by atoms with Gasteiger partial charge in [0.15, 0.2) is 0 Å². The summed E-state index contributed by atoms with van der Waals surface area (Å²) in [6.45, 7) is 3.35. The summed E-state index contributed by atoms with van der Waals surface area (Å²) in [6.07, 6.45) is 0. The van der Waals surface area contributed by atoms with Crippen LogP contribution >= 0.6 is 11.3 Å². The lowest BCUT2D eigenvalue weighted by Crippen LogP contribution is -2.35. The molecule has 0 amide bonds. The molecule has 0 N–H and O–H groups in total. The highest BCUT2D eigenvalue weighted by atomic mass is 32.1. The van der Waals surface area contributed by atoms with Crippen LogP contribution < -0.4 is 0 Å². The minimum atomic E-state index is -1.59. The van der Waals surface area contributed by atoms with Crippen molar-refractivity contribution in [2.75, 3.05) is 13.2 Å². The normalized spacial score (nSPS) is 10.2. The average molecular weight is 271 g/mol. The fourth-order valence-corrected chi connectivity index (χ4v) is 1.78. The number of hydrogen-bond acceptors (Lipinski definition) is 7. The van der Waals surface area contributed by atoms with E-state index in [2.05, 4.69) is 4.98 Å². The Bertz CT molecular complexity index is 411. The third-order valence-corrected chi connectivity index (χ3v) is 2.58. The van der Waals surface area contributed by atoms with Gasteiger partial charge in [0.25, 0.3) is 0 Å². The molecule has 6 nitrogen and oxygen atoms in total. The largest absolute Gasteiger partial charge is 0.465 e. The van der Waals surface area contributed by atoms with Gasteiger partial charge in [-0.2, -0.15) is 0 Å². The number of aromatic nitrogens is 1. The Morgan fingerprint density at radius 1 is 1.22 bits per heavy atom. The zero-order valence-corrected chi connectivity index (χ0v) is 10.9. The van der Waals surface area contributed by atoms with Gasteiger partial charge >= 0.3 is 11.9 Å². The number of rotatable bonds is 6. The second-order valence-electron chi connectivity index (χ2n) is 3.18. The van der Waals surface area contributed by atoms with E-state index in [-0.39, 0.29) is 18.9 Å². The fraction of sp³-hybridized carbons (Fsp3) is 0.455. The maximum Gasteiger partial charge on any atom is 0.328 e. The topological polar surface area (TPSA) is 82.6 Å². The molecule has 0 fully saturated rings. The van der Waals surface area contributed by atoms with Crippen LogP contribution in [-0.4, -0.2) is 35.9 Å². The summed E-state index contributed by atoms with van der Waals surface area (Å²) in [7, 11) is 0. The molecule has 0 aliphatic rings. The Morgan fingerprint density at radius 3 is 2.17 bits per heavy atom. The van der Waals surface area contributed by atoms with E-state index in [1.165, 1.54) is 22.2 Å². The van der Waals surface area contributed by atoms with Crippen LogP contribution in [0.3, 0.4) is 0 Å². The lowest BCUT2D eigenvalue weighted by molar-refractivity contribution is -0.158. The fourth-order valence-electron chi connectivity index (χ4n) is 1.24. The number of hydrogen-bond donors (Lipinski definition) is 0. The summed E-state index contributed by atoms with van der Waals surface area (Å²) in [4.78, 5) is 39.0. The summed E-state index contributed by atoms with van der Waals surface area (Å²) < 4.78 is 9.41. The first kappa shape index (κ1) is 14.3. The number of Topliss-reactive ketones (excluding diaryl/α,β-unsaturated/α-hetero) is 1.